The van der Waals surface area contributed by atoms with Crippen molar-refractivity contribution >= 4 is 6.29 Å². The summed E-state index contributed by atoms with van der Waals surface area (Å²) in [6.07, 6.45) is 1.97. The Morgan fingerprint density at radius 1 is 0.826 bits per heavy atom. The molecule has 0 N–H and O–H groups in total. The van der Waals surface area contributed by atoms with E-state index in [4.69, 9.17) is 9.47 Å². The van der Waals surface area contributed by atoms with Crippen LogP contribution in [0.25, 0.3) is 0 Å². The van der Waals surface area contributed by atoms with E-state index in [1.165, 1.54) is 11.1 Å². The Bertz CT molecular complexity index is 524. The van der Waals surface area contributed by atoms with Crippen molar-refractivity contribution in [1.29, 1.82) is 0 Å². The number of carbonyl (C=O) groups excluding carboxylic acids is 1. The molecule has 0 heterocycles. The molecule has 0 aliphatic carbocycles. The number of aldehydes is 1. The Kier molecular flexibility index (Phi) is 6.98. The number of hydrogen-bond acceptors (Lipinski definition) is 3. The van der Waals surface area contributed by atoms with Crippen molar-refractivity contribution in [2.45, 2.75) is 25.0 Å². The van der Waals surface area contributed by atoms with Gasteiger partial charge in [0.1, 0.15) is 6.29 Å². The topological polar surface area (TPSA) is 35.5 Å². The van der Waals surface area contributed by atoms with E-state index in [1.807, 2.05) is 36.4 Å². The summed E-state index contributed by atoms with van der Waals surface area (Å²) in [5, 5.41) is 0. The molecular formula is C20H24O3. The van der Waals surface area contributed by atoms with Gasteiger partial charge in [-0.05, 0) is 17.5 Å². The molecule has 1 atom stereocenters. The van der Waals surface area contributed by atoms with Gasteiger partial charge in [-0.15, -0.1) is 0 Å². The number of methoxy groups -OCH3 is 2. The molecule has 0 bridgehead atoms. The molecule has 3 heteroatoms. The molecule has 0 amide bonds. The monoisotopic (exact) mass is 312 g/mol. The SMILES string of the molecule is COC(CC(C=O)CC(c1ccccc1)c1ccccc1)OC. The maximum absolute atomic E-state index is 11.6. The van der Waals surface area contributed by atoms with E-state index in [0.29, 0.717) is 6.42 Å². The molecule has 0 aliphatic heterocycles. The number of rotatable bonds is 9. The van der Waals surface area contributed by atoms with Crippen LogP contribution >= 0.6 is 0 Å². The first-order valence-corrected chi connectivity index (χ1v) is 7.89. The molecule has 2 aromatic carbocycles. The van der Waals surface area contributed by atoms with Gasteiger partial charge in [0.15, 0.2) is 6.29 Å². The predicted molar refractivity (Wildman–Crippen MR) is 91.3 cm³/mol. The molecule has 2 aromatic rings. The fourth-order valence-electron chi connectivity index (χ4n) is 2.88. The second-order valence-electron chi connectivity index (χ2n) is 5.64. The Balaban J connectivity index is 2.22. The van der Waals surface area contributed by atoms with E-state index in [2.05, 4.69) is 24.3 Å². The minimum absolute atomic E-state index is 0.120. The highest BCUT2D eigenvalue weighted by atomic mass is 16.7. The highest BCUT2D eigenvalue weighted by Gasteiger charge is 2.22. The standard InChI is InChI=1S/C20H24O3/c1-22-20(23-2)14-16(15-21)13-19(17-9-5-3-6-10-17)18-11-7-4-8-12-18/h3-12,15-16,19-20H,13-14H2,1-2H3. The maximum Gasteiger partial charge on any atom is 0.157 e. The number of benzene rings is 2. The minimum Gasteiger partial charge on any atom is -0.356 e. The van der Waals surface area contributed by atoms with Gasteiger partial charge < -0.3 is 14.3 Å². The Morgan fingerprint density at radius 3 is 1.70 bits per heavy atom. The highest BCUT2D eigenvalue weighted by Crippen LogP contribution is 2.32. The van der Waals surface area contributed by atoms with Gasteiger partial charge >= 0.3 is 0 Å². The van der Waals surface area contributed by atoms with E-state index >= 15 is 0 Å². The van der Waals surface area contributed by atoms with Gasteiger partial charge in [0.2, 0.25) is 0 Å². The maximum atomic E-state index is 11.6. The molecule has 0 spiro atoms. The van der Waals surface area contributed by atoms with Crippen molar-refractivity contribution in [2.24, 2.45) is 5.92 Å². The average molecular weight is 312 g/mol. The lowest BCUT2D eigenvalue weighted by molar-refractivity contribution is -0.127. The summed E-state index contributed by atoms with van der Waals surface area (Å²) in [5.41, 5.74) is 2.44. The zero-order chi connectivity index (χ0) is 16.5. The zero-order valence-corrected chi connectivity index (χ0v) is 13.7. The summed E-state index contributed by atoms with van der Waals surface area (Å²) in [6, 6.07) is 20.6. The summed E-state index contributed by atoms with van der Waals surface area (Å²) in [4.78, 5) is 11.6. The summed E-state index contributed by atoms with van der Waals surface area (Å²) >= 11 is 0. The lowest BCUT2D eigenvalue weighted by Gasteiger charge is -2.23. The van der Waals surface area contributed by atoms with E-state index in [1.54, 1.807) is 14.2 Å². The van der Waals surface area contributed by atoms with Crippen molar-refractivity contribution in [3.05, 3.63) is 71.8 Å². The first kappa shape index (κ1) is 17.4. The summed E-state index contributed by atoms with van der Waals surface area (Å²) in [7, 11) is 3.20. The molecule has 0 aromatic heterocycles. The largest absolute Gasteiger partial charge is 0.356 e. The van der Waals surface area contributed by atoms with Crippen LogP contribution in [0.1, 0.15) is 29.9 Å². The highest BCUT2D eigenvalue weighted by molar-refractivity contribution is 5.54. The van der Waals surface area contributed by atoms with Crippen LogP contribution in [0, 0.1) is 5.92 Å². The van der Waals surface area contributed by atoms with E-state index in [-0.39, 0.29) is 18.1 Å². The van der Waals surface area contributed by atoms with Gasteiger partial charge in [0, 0.05) is 32.5 Å². The molecule has 0 radical (unpaired) electrons. The van der Waals surface area contributed by atoms with Gasteiger partial charge in [-0.25, -0.2) is 0 Å². The lowest BCUT2D eigenvalue weighted by Crippen LogP contribution is -2.21. The first-order chi connectivity index (χ1) is 11.3. The van der Waals surface area contributed by atoms with E-state index in [0.717, 1.165) is 12.7 Å². The third-order valence-electron chi connectivity index (χ3n) is 4.16. The molecular weight excluding hydrogens is 288 g/mol. The molecule has 0 aliphatic rings. The van der Waals surface area contributed by atoms with Crippen LogP contribution < -0.4 is 0 Å². The Hall–Kier alpha value is -1.97. The molecule has 0 saturated heterocycles. The lowest BCUT2D eigenvalue weighted by atomic mass is 9.83. The molecule has 3 nitrogen and oxygen atoms in total. The van der Waals surface area contributed by atoms with Crippen molar-refractivity contribution < 1.29 is 14.3 Å². The fraction of sp³-hybridized carbons (Fsp3) is 0.350. The van der Waals surface area contributed by atoms with Crippen molar-refractivity contribution in [3.63, 3.8) is 0 Å². The smallest absolute Gasteiger partial charge is 0.157 e. The average Bonchev–Trinajstić information content (AvgIpc) is 2.63. The van der Waals surface area contributed by atoms with Crippen molar-refractivity contribution in [1.82, 2.24) is 0 Å². The second kappa shape index (κ2) is 9.23. The van der Waals surface area contributed by atoms with Crippen molar-refractivity contribution in [2.75, 3.05) is 14.2 Å². The summed E-state index contributed by atoms with van der Waals surface area (Å²) in [6.45, 7) is 0. The molecule has 2 rings (SSSR count). The number of ether oxygens (including phenoxy) is 2. The van der Waals surface area contributed by atoms with Crippen LogP contribution in [-0.4, -0.2) is 26.8 Å². The third-order valence-corrected chi connectivity index (χ3v) is 4.16. The van der Waals surface area contributed by atoms with Crippen molar-refractivity contribution in [3.8, 4) is 0 Å². The summed E-state index contributed by atoms with van der Waals surface area (Å²) in [5.74, 6) is 0.0623. The van der Waals surface area contributed by atoms with Gasteiger partial charge in [-0.2, -0.15) is 0 Å². The van der Waals surface area contributed by atoms with Gasteiger partial charge in [0.05, 0.1) is 0 Å². The van der Waals surface area contributed by atoms with E-state index < -0.39 is 0 Å². The molecule has 1 unspecified atom stereocenters. The summed E-state index contributed by atoms with van der Waals surface area (Å²) < 4.78 is 10.5. The normalized spacial score (nSPS) is 12.5. The second-order valence-corrected chi connectivity index (χ2v) is 5.64. The number of carbonyl (C=O) groups is 1. The number of hydrogen-bond donors (Lipinski definition) is 0. The fourth-order valence-corrected chi connectivity index (χ4v) is 2.88. The zero-order valence-electron chi connectivity index (χ0n) is 13.7. The van der Waals surface area contributed by atoms with Gasteiger partial charge in [0.25, 0.3) is 0 Å². The van der Waals surface area contributed by atoms with Crippen LogP contribution in [0.15, 0.2) is 60.7 Å². The quantitative estimate of drug-likeness (QED) is 0.518. The first-order valence-electron chi connectivity index (χ1n) is 7.89. The van der Waals surface area contributed by atoms with Crippen LogP contribution in [0.2, 0.25) is 0 Å². The molecule has 0 saturated carbocycles. The third kappa shape index (κ3) is 5.02. The van der Waals surface area contributed by atoms with Crippen LogP contribution in [0.3, 0.4) is 0 Å². The van der Waals surface area contributed by atoms with Gasteiger partial charge in [-0.1, -0.05) is 60.7 Å². The molecule has 0 fully saturated rings. The molecule has 23 heavy (non-hydrogen) atoms. The predicted octanol–water partition coefficient (Wildman–Crippen LogP) is 4.03. The Labute approximate surface area is 138 Å². The molecule has 122 valence electrons. The van der Waals surface area contributed by atoms with Crippen LogP contribution in [-0.2, 0) is 14.3 Å². The van der Waals surface area contributed by atoms with E-state index in [9.17, 15) is 4.79 Å². The van der Waals surface area contributed by atoms with Gasteiger partial charge in [-0.3, -0.25) is 0 Å². The van der Waals surface area contributed by atoms with Crippen LogP contribution in [0.4, 0.5) is 0 Å². The van der Waals surface area contributed by atoms with Crippen LogP contribution in [0.5, 0.6) is 0 Å². The Morgan fingerprint density at radius 2 is 1.30 bits per heavy atom. The minimum atomic E-state index is -0.350.